The van der Waals surface area contributed by atoms with Gasteiger partial charge >= 0.3 is 6.16 Å². The maximum Gasteiger partial charge on any atom is 0.513 e. The van der Waals surface area contributed by atoms with Crippen LogP contribution in [0.3, 0.4) is 0 Å². The molecule has 2 rings (SSSR count). The minimum atomic E-state index is -0.710. The SMILES string of the molecule is C=C1N(C)c2ccc(OC(=O)OC)cc2C1(C)C. The Kier molecular flexibility index (Phi) is 2.81. The van der Waals surface area contributed by atoms with Crippen molar-refractivity contribution in [2.24, 2.45) is 0 Å². The zero-order chi connectivity index (χ0) is 13.5. The molecule has 0 radical (unpaired) electrons. The fourth-order valence-corrected chi connectivity index (χ4v) is 2.23. The van der Waals surface area contributed by atoms with Crippen molar-refractivity contribution in [1.82, 2.24) is 0 Å². The van der Waals surface area contributed by atoms with E-state index in [1.807, 2.05) is 19.2 Å². The number of allylic oxidation sites excluding steroid dienone is 1. The highest BCUT2D eigenvalue weighted by molar-refractivity contribution is 5.72. The normalized spacial score (nSPS) is 16.4. The molecule has 4 nitrogen and oxygen atoms in total. The van der Waals surface area contributed by atoms with Gasteiger partial charge in [0.2, 0.25) is 0 Å². The van der Waals surface area contributed by atoms with Crippen LogP contribution in [0.25, 0.3) is 0 Å². The largest absolute Gasteiger partial charge is 0.513 e. The number of ether oxygens (including phenoxy) is 2. The topological polar surface area (TPSA) is 38.8 Å². The summed E-state index contributed by atoms with van der Waals surface area (Å²) in [5.41, 5.74) is 3.03. The summed E-state index contributed by atoms with van der Waals surface area (Å²) in [6.07, 6.45) is -0.710. The number of nitrogens with zero attached hydrogens (tertiary/aromatic N) is 1. The Hall–Kier alpha value is -1.97. The molecular formula is C14H17NO3. The summed E-state index contributed by atoms with van der Waals surface area (Å²) in [6.45, 7) is 8.30. The number of likely N-dealkylation sites (N-methyl/N-ethyl adjacent to an activating group) is 1. The molecule has 18 heavy (non-hydrogen) atoms. The highest BCUT2D eigenvalue weighted by Crippen LogP contribution is 2.47. The lowest BCUT2D eigenvalue weighted by Crippen LogP contribution is -2.21. The van der Waals surface area contributed by atoms with Crippen LogP contribution in [0.15, 0.2) is 30.5 Å². The fourth-order valence-electron chi connectivity index (χ4n) is 2.23. The van der Waals surface area contributed by atoms with Crippen LogP contribution in [0.5, 0.6) is 5.75 Å². The van der Waals surface area contributed by atoms with Gasteiger partial charge in [0.25, 0.3) is 0 Å². The summed E-state index contributed by atoms with van der Waals surface area (Å²) in [6, 6.07) is 5.54. The smallest absolute Gasteiger partial charge is 0.437 e. The molecule has 1 aromatic carbocycles. The van der Waals surface area contributed by atoms with Crippen molar-refractivity contribution in [2.75, 3.05) is 19.1 Å². The van der Waals surface area contributed by atoms with Crippen LogP contribution in [0, 0.1) is 0 Å². The van der Waals surface area contributed by atoms with E-state index in [9.17, 15) is 4.79 Å². The van der Waals surface area contributed by atoms with Crippen LogP contribution in [0.1, 0.15) is 19.4 Å². The van der Waals surface area contributed by atoms with E-state index >= 15 is 0 Å². The molecule has 0 amide bonds. The molecule has 0 N–H and O–H groups in total. The van der Waals surface area contributed by atoms with Crippen LogP contribution in [-0.4, -0.2) is 20.3 Å². The Labute approximate surface area is 107 Å². The summed E-state index contributed by atoms with van der Waals surface area (Å²) in [5.74, 6) is 0.483. The summed E-state index contributed by atoms with van der Waals surface area (Å²) in [4.78, 5) is 13.2. The van der Waals surface area contributed by atoms with Crippen LogP contribution in [0.2, 0.25) is 0 Å². The number of fused-ring (bicyclic) bond motifs is 1. The van der Waals surface area contributed by atoms with Gasteiger partial charge in [0.15, 0.2) is 0 Å². The van der Waals surface area contributed by atoms with Crippen LogP contribution >= 0.6 is 0 Å². The van der Waals surface area contributed by atoms with E-state index in [1.165, 1.54) is 7.11 Å². The number of rotatable bonds is 1. The van der Waals surface area contributed by atoms with Crippen molar-refractivity contribution < 1.29 is 14.3 Å². The Bertz CT molecular complexity index is 520. The highest BCUT2D eigenvalue weighted by Gasteiger charge is 2.37. The first-order chi connectivity index (χ1) is 8.37. The van der Waals surface area contributed by atoms with Gasteiger partial charge in [-0.05, 0) is 23.8 Å². The van der Waals surface area contributed by atoms with Crippen molar-refractivity contribution in [3.8, 4) is 5.75 Å². The number of hydrogen-bond acceptors (Lipinski definition) is 4. The predicted molar refractivity (Wildman–Crippen MR) is 70.0 cm³/mol. The predicted octanol–water partition coefficient (Wildman–Crippen LogP) is 3.07. The molecule has 0 spiro atoms. The van der Waals surface area contributed by atoms with Crippen LogP contribution in [-0.2, 0) is 10.2 Å². The molecule has 0 fully saturated rings. The maximum atomic E-state index is 11.1. The van der Waals surface area contributed by atoms with E-state index in [0.717, 1.165) is 16.9 Å². The summed E-state index contributed by atoms with van der Waals surface area (Å²) >= 11 is 0. The number of carbonyl (C=O) groups excluding carboxylic acids is 1. The van der Waals surface area contributed by atoms with Gasteiger partial charge in [-0.15, -0.1) is 0 Å². The summed E-state index contributed by atoms with van der Waals surface area (Å²) in [5, 5.41) is 0. The second-order valence-electron chi connectivity index (χ2n) is 4.87. The molecule has 0 bridgehead atoms. The van der Waals surface area contributed by atoms with E-state index in [0.29, 0.717) is 5.75 Å². The number of hydrogen-bond donors (Lipinski definition) is 0. The second-order valence-corrected chi connectivity index (χ2v) is 4.87. The maximum absolute atomic E-state index is 11.1. The van der Waals surface area contributed by atoms with Gasteiger partial charge in [-0.3, -0.25) is 0 Å². The molecule has 0 saturated carbocycles. The van der Waals surface area contributed by atoms with Gasteiger partial charge < -0.3 is 14.4 Å². The third-order valence-electron chi connectivity index (χ3n) is 3.50. The first kappa shape index (κ1) is 12.5. The van der Waals surface area contributed by atoms with Gasteiger partial charge in [0.1, 0.15) is 5.75 Å². The van der Waals surface area contributed by atoms with Gasteiger partial charge in [-0.2, -0.15) is 0 Å². The molecule has 4 heteroatoms. The molecule has 1 aliphatic rings. The molecule has 0 aliphatic carbocycles. The van der Waals surface area contributed by atoms with E-state index in [-0.39, 0.29) is 5.41 Å². The number of methoxy groups -OCH3 is 1. The number of benzene rings is 1. The number of anilines is 1. The minimum absolute atomic E-state index is 0.167. The van der Waals surface area contributed by atoms with E-state index in [2.05, 4.69) is 30.1 Å². The van der Waals surface area contributed by atoms with Crippen molar-refractivity contribution in [3.05, 3.63) is 36.0 Å². The molecule has 1 heterocycles. The Balaban J connectivity index is 2.42. The average Bonchev–Trinajstić information content (AvgIpc) is 2.51. The van der Waals surface area contributed by atoms with Crippen molar-refractivity contribution in [3.63, 3.8) is 0 Å². The molecule has 0 unspecified atom stereocenters. The third kappa shape index (κ3) is 1.74. The molecule has 0 atom stereocenters. The number of carbonyl (C=O) groups is 1. The highest BCUT2D eigenvalue weighted by atomic mass is 16.7. The van der Waals surface area contributed by atoms with Crippen molar-refractivity contribution >= 4 is 11.8 Å². The van der Waals surface area contributed by atoms with Gasteiger partial charge in [-0.1, -0.05) is 20.4 Å². The van der Waals surface area contributed by atoms with Crippen LogP contribution < -0.4 is 9.64 Å². The van der Waals surface area contributed by atoms with Crippen molar-refractivity contribution in [2.45, 2.75) is 19.3 Å². The molecule has 1 aliphatic heterocycles. The second kappa shape index (κ2) is 4.05. The Morgan fingerprint density at radius 2 is 2.06 bits per heavy atom. The fraction of sp³-hybridized carbons (Fsp3) is 0.357. The Morgan fingerprint density at radius 3 is 2.67 bits per heavy atom. The zero-order valence-corrected chi connectivity index (χ0v) is 11.1. The molecule has 1 aromatic rings. The minimum Gasteiger partial charge on any atom is -0.437 e. The van der Waals surface area contributed by atoms with E-state index in [4.69, 9.17) is 4.74 Å². The first-order valence-corrected chi connectivity index (χ1v) is 5.71. The van der Waals surface area contributed by atoms with Gasteiger partial charge in [0.05, 0.1) is 7.11 Å². The molecule has 0 aromatic heterocycles. The van der Waals surface area contributed by atoms with Crippen LogP contribution in [0.4, 0.5) is 10.5 Å². The lowest BCUT2D eigenvalue weighted by molar-refractivity contribution is 0.121. The summed E-state index contributed by atoms with van der Waals surface area (Å²) in [7, 11) is 3.27. The quantitative estimate of drug-likeness (QED) is 0.564. The van der Waals surface area contributed by atoms with E-state index in [1.54, 1.807) is 6.07 Å². The zero-order valence-electron chi connectivity index (χ0n) is 11.1. The molecular weight excluding hydrogens is 230 g/mol. The average molecular weight is 247 g/mol. The molecule has 96 valence electrons. The first-order valence-electron chi connectivity index (χ1n) is 5.71. The Morgan fingerprint density at radius 1 is 1.39 bits per heavy atom. The third-order valence-corrected chi connectivity index (χ3v) is 3.50. The lowest BCUT2D eigenvalue weighted by atomic mass is 9.84. The van der Waals surface area contributed by atoms with Gasteiger partial charge in [-0.25, -0.2) is 4.79 Å². The monoisotopic (exact) mass is 247 g/mol. The van der Waals surface area contributed by atoms with E-state index < -0.39 is 6.16 Å². The lowest BCUT2D eigenvalue weighted by Gasteiger charge is -2.22. The van der Waals surface area contributed by atoms with Gasteiger partial charge in [0, 0.05) is 23.8 Å². The summed E-state index contributed by atoms with van der Waals surface area (Å²) < 4.78 is 9.52. The molecule has 0 saturated heterocycles. The standard InChI is InChI=1S/C14H17NO3/c1-9-14(2,3)11-8-10(18-13(16)17-5)6-7-12(11)15(9)4/h6-8H,1H2,2-5H3. The van der Waals surface area contributed by atoms with Crippen molar-refractivity contribution in [1.29, 1.82) is 0 Å².